The molecule has 27 heavy (non-hydrogen) atoms. The Balaban J connectivity index is -0.00000312. The Morgan fingerprint density at radius 3 is 1.93 bits per heavy atom. The molecule has 0 bridgehead atoms. The third-order valence-corrected chi connectivity index (χ3v) is 6.29. The summed E-state index contributed by atoms with van der Waals surface area (Å²) in [5.41, 5.74) is -0.953. The summed E-state index contributed by atoms with van der Waals surface area (Å²) in [7, 11) is -4.10. The van der Waals surface area contributed by atoms with Crippen LogP contribution in [0.15, 0.2) is 0 Å². The summed E-state index contributed by atoms with van der Waals surface area (Å²) in [6.45, 7) is 5.43. The fourth-order valence-corrected chi connectivity index (χ4v) is 4.82. The SMILES string of the molecule is CCCCCCCCCCCCSCCC(=O)NC(C)(C)CS(=O)(=O)O.[H-].[K+]. The van der Waals surface area contributed by atoms with Crippen LogP contribution in [0.2, 0.25) is 0 Å². The van der Waals surface area contributed by atoms with Crippen LogP contribution in [0.3, 0.4) is 0 Å². The second kappa shape index (κ2) is 18.2. The summed E-state index contributed by atoms with van der Waals surface area (Å²) < 4.78 is 30.7. The van der Waals surface area contributed by atoms with Gasteiger partial charge in [-0.1, -0.05) is 64.7 Å². The van der Waals surface area contributed by atoms with E-state index in [1.54, 1.807) is 25.6 Å². The van der Waals surface area contributed by atoms with Crippen LogP contribution in [0.25, 0.3) is 0 Å². The number of hydrogen-bond acceptors (Lipinski definition) is 4. The average Bonchev–Trinajstić information content (AvgIpc) is 2.48. The summed E-state index contributed by atoms with van der Waals surface area (Å²) in [6, 6.07) is 0. The molecule has 0 aliphatic heterocycles. The molecule has 1 amide bonds. The molecule has 0 saturated heterocycles. The predicted molar refractivity (Wildman–Crippen MR) is 114 cm³/mol. The van der Waals surface area contributed by atoms with Gasteiger partial charge in [0.25, 0.3) is 10.1 Å². The Bertz CT molecular complexity index is 477. The maximum atomic E-state index is 11.8. The van der Waals surface area contributed by atoms with Gasteiger partial charge in [-0.25, -0.2) is 0 Å². The van der Waals surface area contributed by atoms with E-state index >= 15 is 0 Å². The zero-order valence-electron chi connectivity index (χ0n) is 18.9. The van der Waals surface area contributed by atoms with Gasteiger partial charge in [-0.3, -0.25) is 9.35 Å². The fourth-order valence-electron chi connectivity index (χ4n) is 2.89. The van der Waals surface area contributed by atoms with E-state index in [0.29, 0.717) is 6.42 Å². The number of amides is 1. The number of carbonyl (C=O) groups excluding carboxylic acids is 1. The average molecular weight is 450 g/mol. The minimum atomic E-state index is -4.10. The Labute approximate surface area is 215 Å². The van der Waals surface area contributed by atoms with Gasteiger partial charge in [0.05, 0.1) is 11.3 Å². The van der Waals surface area contributed by atoms with E-state index in [4.69, 9.17) is 4.55 Å². The molecule has 0 fully saturated rings. The van der Waals surface area contributed by atoms with Crippen LogP contribution >= 0.6 is 11.8 Å². The topological polar surface area (TPSA) is 83.5 Å². The molecule has 0 aromatic rings. The van der Waals surface area contributed by atoms with E-state index in [0.717, 1.165) is 11.5 Å². The smallest absolute Gasteiger partial charge is 1.00 e. The standard InChI is InChI=1S/C19H39NO4S2.K.H/c1-4-5-6-7-8-9-10-11-12-13-15-25-16-14-18(21)20-19(2,3)17-26(22,23)24;;/h4-17H2,1-3H3,(H,20,21)(H,22,23,24);;/q;+1;-1. The molecule has 0 aromatic heterocycles. The van der Waals surface area contributed by atoms with E-state index in [1.165, 1.54) is 64.2 Å². The second-order valence-electron chi connectivity index (χ2n) is 7.70. The molecule has 0 unspecified atom stereocenters. The maximum absolute atomic E-state index is 11.8. The van der Waals surface area contributed by atoms with Gasteiger partial charge in [0.2, 0.25) is 5.91 Å². The molecular weight excluding hydrogens is 409 g/mol. The van der Waals surface area contributed by atoms with Crippen molar-refractivity contribution in [3.63, 3.8) is 0 Å². The summed E-state index contributed by atoms with van der Waals surface area (Å²) in [5, 5.41) is 2.66. The summed E-state index contributed by atoms with van der Waals surface area (Å²) in [5.74, 6) is 1.16. The number of nitrogens with one attached hydrogen (secondary N) is 1. The van der Waals surface area contributed by atoms with Gasteiger partial charge in [0, 0.05) is 12.2 Å². The van der Waals surface area contributed by atoms with Crippen LogP contribution in [0.4, 0.5) is 0 Å². The van der Waals surface area contributed by atoms with E-state index in [-0.39, 0.29) is 58.7 Å². The molecule has 0 aliphatic rings. The van der Waals surface area contributed by atoms with E-state index in [2.05, 4.69) is 12.2 Å². The monoisotopic (exact) mass is 449 g/mol. The first-order valence-electron chi connectivity index (χ1n) is 10.0. The van der Waals surface area contributed by atoms with Crippen molar-refractivity contribution in [1.29, 1.82) is 0 Å². The van der Waals surface area contributed by atoms with Crippen molar-refractivity contribution in [3.05, 3.63) is 0 Å². The summed E-state index contributed by atoms with van der Waals surface area (Å²) >= 11 is 1.77. The molecule has 0 aromatic carbocycles. The van der Waals surface area contributed by atoms with Gasteiger partial charge in [-0.2, -0.15) is 20.2 Å². The third-order valence-electron chi connectivity index (χ3n) is 4.14. The number of thioether (sulfide) groups is 1. The first kappa shape index (κ1) is 30.6. The van der Waals surface area contributed by atoms with Crippen LogP contribution in [0.1, 0.15) is 92.8 Å². The van der Waals surface area contributed by atoms with Crippen LogP contribution in [-0.4, -0.2) is 41.7 Å². The van der Waals surface area contributed by atoms with Gasteiger partial charge < -0.3 is 6.74 Å². The van der Waals surface area contributed by atoms with Crippen molar-refractivity contribution < 1.29 is 70.6 Å². The molecule has 0 heterocycles. The van der Waals surface area contributed by atoms with Gasteiger partial charge in [0.1, 0.15) is 0 Å². The van der Waals surface area contributed by atoms with E-state index < -0.39 is 21.4 Å². The quantitative estimate of drug-likeness (QED) is 0.201. The van der Waals surface area contributed by atoms with Crippen LogP contribution in [-0.2, 0) is 14.9 Å². The molecule has 2 N–H and O–H groups in total. The number of hydrogen-bond donors (Lipinski definition) is 2. The zero-order valence-corrected chi connectivity index (χ0v) is 22.6. The molecular formula is C19H40KNO4S2. The molecule has 5 nitrogen and oxygen atoms in total. The third kappa shape index (κ3) is 23.5. The van der Waals surface area contributed by atoms with E-state index in [9.17, 15) is 13.2 Å². The summed E-state index contributed by atoms with van der Waals surface area (Å²) in [4.78, 5) is 11.8. The largest absolute Gasteiger partial charge is 1.00 e. The van der Waals surface area contributed by atoms with Crippen LogP contribution < -0.4 is 56.7 Å². The normalized spacial score (nSPS) is 11.9. The fraction of sp³-hybridized carbons (Fsp3) is 0.947. The Morgan fingerprint density at radius 1 is 0.963 bits per heavy atom. The van der Waals surface area contributed by atoms with Gasteiger partial charge in [-0.15, -0.1) is 0 Å². The molecule has 158 valence electrons. The molecule has 0 saturated carbocycles. The van der Waals surface area contributed by atoms with Gasteiger partial charge in [-0.05, 0) is 26.0 Å². The number of carbonyl (C=O) groups is 1. The molecule has 0 radical (unpaired) electrons. The first-order valence-corrected chi connectivity index (χ1v) is 12.8. The van der Waals surface area contributed by atoms with Crippen LogP contribution in [0.5, 0.6) is 0 Å². The number of rotatable bonds is 17. The van der Waals surface area contributed by atoms with E-state index in [1.807, 2.05) is 0 Å². The first-order chi connectivity index (χ1) is 12.2. The van der Waals surface area contributed by atoms with Crippen molar-refractivity contribution in [2.75, 3.05) is 17.3 Å². The predicted octanol–water partition coefficient (Wildman–Crippen LogP) is 1.93. The molecule has 8 heteroatoms. The van der Waals surface area contributed by atoms with Gasteiger partial charge >= 0.3 is 51.4 Å². The van der Waals surface area contributed by atoms with Crippen molar-refractivity contribution in [2.45, 2.75) is 96.9 Å². The minimum absolute atomic E-state index is 0. The Kier molecular flexibility index (Phi) is 20.6. The van der Waals surface area contributed by atoms with Crippen molar-refractivity contribution in [2.24, 2.45) is 0 Å². The van der Waals surface area contributed by atoms with Crippen molar-refractivity contribution >= 4 is 27.8 Å². The molecule has 0 atom stereocenters. The second-order valence-corrected chi connectivity index (χ2v) is 10.4. The molecule has 0 spiro atoms. The maximum Gasteiger partial charge on any atom is 1.00 e. The number of unbranched alkanes of at least 4 members (excludes halogenated alkanes) is 9. The van der Waals surface area contributed by atoms with Crippen molar-refractivity contribution in [3.8, 4) is 0 Å². The zero-order chi connectivity index (χ0) is 19.9. The molecule has 0 aliphatic carbocycles. The Hall–Kier alpha value is 1.37. The van der Waals surface area contributed by atoms with Crippen LogP contribution in [0, 0.1) is 0 Å². The van der Waals surface area contributed by atoms with Crippen molar-refractivity contribution in [1.82, 2.24) is 5.32 Å². The van der Waals surface area contributed by atoms with Gasteiger partial charge in [0.15, 0.2) is 0 Å². The Morgan fingerprint density at radius 2 is 1.44 bits per heavy atom. The summed E-state index contributed by atoms with van der Waals surface area (Å²) in [6.07, 6.45) is 13.6. The minimum Gasteiger partial charge on any atom is -1.00 e. The molecule has 0 rings (SSSR count).